The van der Waals surface area contributed by atoms with Crippen LogP contribution in [-0.4, -0.2) is 36.4 Å². The fourth-order valence-corrected chi connectivity index (χ4v) is 4.77. The van der Waals surface area contributed by atoms with Gasteiger partial charge < -0.3 is 4.74 Å². The molecule has 8 heteroatoms. The predicted molar refractivity (Wildman–Crippen MR) is 90.0 cm³/mol. The highest BCUT2D eigenvalue weighted by atomic mass is 32.2. The van der Waals surface area contributed by atoms with Gasteiger partial charge in [-0.15, -0.1) is 0 Å². The second-order valence-corrected chi connectivity index (χ2v) is 8.22. The molecule has 0 unspecified atom stereocenters. The summed E-state index contributed by atoms with van der Waals surface area (Å²) in [6.45, 7) is 2.85. The van der Waals surface area contributed by atoms with Crippen LogP contribution in [0.25, 0.3) is 11.0 Å². The highest BCUT2D eigenvalue weighted by Gasteiger charge is 2.22. The smallest absolute Gasteiger partial charge is 0.242 e. The Balaban J connectivity index is 1.58. The Kier molecular flexibility index (Phi) is 5.25. The van der Waals surface area contributed by atoms with Gasteiger partial charge in [0.25, 0.3) is 0 Å². The third kappa shape index (κ3) is 3.88. The van der Waals surface area contributed by atoms with Gasteiger partial charge >= 0.3 is 0 Å². The van der Waals surface area contributed by atoms with Crippen molar-refractivity contribution in [2.24, 2.45) is 5.92 Å². The molecule has 2 atom stereocenters. The lowest BCUT2D eigenvalue weighted by atomic mass is 9.88. The lowest BCUT2D eigenvalue weighted by molar-refractivity contribution is -0.00176. The first-order valence-corrected chi connectivity index (χ1v) is 10.1. The zero-order chi connectivity index (χ0) is 16.3. The fraction of sp³-hybridized carbons (Fsp3) is 0.600. The van der Waals surface area contributed by atoms with Crippen molar-refractivity contribution in [3.8, 4) is 0 Å². The van der Waals surface area contributed by atoms with E-state index in [-0.39, 0.29) is 17.5 Å². The van der Waals surface area contributed by atoms with E-state index in [0.29, 0.717) is 23.6 Å². The van der Waals surface area contributed by atoms with Crippen LogP contribution in [0.5, 0.6) is 0 Å². The Morgan fingerprint density at radius 1 is 1.30 bits per heavy atom. The Hall–Kier alpha value is -1.09. The summed E-state index contributed by atoms with van der Waals surface area (Å²) in [5.41, 5.74) is 1.02. The number of ether oxygens (including phenoxy) is 1. The van der Waals surface area contributed by atoms with Gasteiger partial charge in [0, 0.05) is 6.54 Å². The number of rotatable bonds is 6. The molecular weight excluding hydrogens is 334 g/mol. The standard InChI is InChI=1S/C15H21N3O3S2/c1-11-5-2-3-7-13(11)21-10-9-16-23(19,20)14-8-4-6-12-15(14)18-22-17-12/h4,6,8,11,13,16H,2-3,5,7,9-10H2,1H3/t11-,13+/m1/s1. The third-order valence-electron chi connectivity index (χ3n) is 4.30. The molecule has 0 spiro atoms. The van der Waals surface area contributed by atoms with Gasteiger partial charge in [-0.3, -0.25) is 0 Å². The maximum absolute atomic E-state index is 12.4. The molecule has 1 saturated carbocycles. The minimum Gasteiger partial charge on any atom is -0.377 e. The monoisotopic (exact) mass is 355 g/mol. The fourth-order valence-electron chi connectivity index (χ4n) is 2.99. The van der Waals surface area contributed by atoms with Crippen molar-refractivity contribution in [1.82, 2.24) is 13.5 Å². The Labute approximate surface area is 140 Å². The topological polar surface area (TPSA) is 81.2 Å². The molecule has 1 aromatic heterocycles. The predicted octanol–water partition coefficient (Wildman–Crippen LogP) is 2.56. The van der Waals surface area contributed by atoms with Crippen LogP contribution in [-0.2, 0) is 14.8 Å². The molecule has 23 heavy (non-hydrogen) atoms. The average molecular weight is 355 g/mol. The zero-order valence-corrected chi connectivity index (χ0v) is 14.7. The van der Waals surface area contributed by atoms with Crippen molar-refractivity contribution in [2.75, 3.05) is 13.2 Å². The molecule has 3 rings (SSSR count). The molecule has 6 nitrogen and oxygen atoms in total. The SMILES string of the molecule is C[C@@H]1CCCC[C@@H]1OCCNS(=O)(=O)c1cccc2nsnc12. The third-order valence-corrected chi connectivity index (χ3v) is 6.33. The van der Waals surface area contributed by atoms with Gasteiger partial charge in [0.15, 0.2) is 0 Å². The average Bonchev–Trinajstić information content (AvgIpc) is 3.01. The molecule has 0 amide bonds. The van der Waals surface area contributed by atoms with E-state index in [1.54, 1.807) is 18.2 Å². The summed E-state index contributed by atoms with van der Waals surface area (Å²) in [4.78, 5) is 0.176. The normalized spacial score (nSPS) is 22.5. The molecule has 1 heterocycles. The molecule has 1 aliphatic rings. The highest BCUT2D eigenvalue weighted by molar-refractivity contribution is 7.89. The van der Waals surface area contributed by atoms with Crippen molar-refractivity contribution in [2.45, 2.75) is 43.6 Å². The maximum atomic E-state index is 12.4. The largest absolute Gasteiger partial charge is 0.377 e. The second-order valence-electron chi connectivity index (χ2n) is 5.96. The van der Waals surface area contributed by atoms with Crippen LogP contribution in [0, 0.1) is 5.92 Å². The van der Waals surface area contributed by atoms with Gasteiger partial charge in [-0.25, -0.2) is 13.1 Å². The summed E-state index contributed by atoms with van der Waals surface area (Å²) in [7, 11) is -3.60. The van der Waals surface area contributed by atoms with Crippen molar-refractivity contribution in [1.29, 1.82) is 0 Å². The van der Waals surface area contributed by atoms with Gasteiger partial charge in [-0.1, -0.05) is 25.8 Å². The quantitative estimate of drug-likeness (QED) is 0.806. The van der Waals surface area contributed by atoms with Crippen LogP contribution >= 0.6 is 11.7 Å². The van der Waals surface area contributed by atoms with E-state index in [2.05, 4.69) is 20.4 Å². The summed E-state index contributed by atoms with van der Waals surface area (Å²) < 4.78 is 41.5. The van der Waals surface area contributed by atoms with Crippen LogP contribution < -0.4 is 4.72 Å². The van der Waals surface area contributed by atoms with E-state index in [0.717, 1.165) is 18.1 Å². The molecule has 2 aromatic rings. The second kappa shape index (κ2) is 7.21. The van der Waals surface area contributed by atoms with E-state index in [1.165, 1.54) is 19.3 Å². The Morgan fingerprint density at radius 2 is 2.13 bits per heavy atom. The summed E-state index contributed by atoms with van der Waals surface area (Å²) in [5.74, 6) is 0.551. The van der Waals surface area contributed by atoms with Crippen molar-refractivity contribution in [3.63, 3.8) is 0 Å². The molecule has 0 bridgehead atoms. The molecule has 1 aliphatic carbocycles. The lowest BCUT2D eigenvalue weighted by Gasteiger charge is -2.28. The van der Waals surface area contributed by atoms with E-state index in [1.807, 2.05) is 0 Å². The summed E-state index contributed by atoms with van der Waals surface area (Å²) >= 11 is 1.01. The van der Waals surface area contributed by atoms with E-state index < -0.39 is 10.0 Å². The van der Waals surface area contributed by atoms with Gasteiger partial charge in [-0.2, -0.15) is 8.75 Å². The number of hydrogen-bond acceptors (Lipinski definition) is 6. The number of benzene rings is 1. The van der Waals surface area contributed by atoms with Crippen LogP contribution in [0.3, 0.4) is 0 Å². The van der Waals surface area contributed by atoms with Gasteiger partial charge in [0.05, 0.1) is 24.4 Å². The van der Waals surface area contributed by atoms with Crippen LogP contribution in [0.1, 0.15) is 32.6 Å². The van der Waals surface area contributed by atoms with Gasteiger partial charge in [-0.05, 0) is 30.9 Å². The highest BCUT2D eigenvalue weighted by Crippen LogP contribution is 2.26. The van der Waals surface area contributed by atoms with Crippen LogP contribution in [0.15, 0.2) is 23.1 Å². The molecule has 1 fully saturated rings. The van der Waals surface area contributed by atoms with E-state index in [9.17, 15) is 8.42 Å². The first-order valence-electron chi connectivity index (χ1n) is 7.90. The number of nitrogens with one attached hydrogen (secondary N) is 1. The molecule has 126 valence electrons. The van der Waals surface area contributed by atoms with Gasteiger partial charge in [0.2, 0.25) is 10.0 Å². The van der Waals surface area contributed by atoms with Crippen LogP contribution in [0.2, 0.25) is 0 Å². The molecule has 0 saturated heterocycles. The molecule has 1 N–H and O–H groups in total. The van der Waals surface area contributed by atoms with Gasteiger partial charge in [0.1, 0.15) is 15.9 Å². The Morgan fingerprint density at radius 3 is 2.96 bits per heavy atom. The number of hydrogen-bond donors (Lipinski definition) is 1. The molecular formula is C15H21N3O3S2. The first kappa shape index (κ1) is 16.8. The van der Waals surface area contributed by atoms with Crippen molar-refractivity contribution >= 4 is 32.8 Å². The summed E-state index contributed by atoms with van der Waals surface area (Å²) in [6, 6.07) is 4.99. The molecule has 1 aromatic carbocycles. The minimum atomic E-state index is -3.60. The van der Waals surface area contributed by atoms with Crippen LogP contribution in [0.4, 0.5) is 0 Å². The molecule has 0 aliphatic heterocycles. The maximum Gasteiger partial charge on any atom is 0.242 e. The van der Waals surface area contributed by atoms with E-state index >= 15 is 0 Å². The number of nitrogens with zero attached hydrogens (tertiary/aromatic N) is 2. The number of sulfonamides is 1. The van der Waals surface area contributed by atoms with Crippen molar-refractivity contribution in [3.05, 3.63) is 18.2 Å². The van der Waals surface area contributed by atoms with Crippen molar-refractivity contribution < 1.29 is 13.2 Å². The minimum absolute atomic E-state index is 0.176. The summed E-state index contributed by atoms with van der Waals surface area (Å²) in [6.07, 6.45) is 4.96. The zero-order valence-electron chi connectivity index (χ0n) is 13.1. The van der Waals surface area contributed by atoms with E-state index in [4.69, 9.17) is 4.74 Å². The number of fused-ring (bicyclic) bond motifs is 1. The molecule has 0 radical (unpaired) electrons. The number of aromatic nitrogens is 2. The first-order chi connectivity index (χ1) is 11.1. The lowest BCUT2D eigenvalue weighted by Crippen LogP contribution is -2.32. The Bertz CT molecular complexity index is 760. The summed E-state index contributed by atoms with van der Waals surface area (Å²) in [5, 5.41) is 0.